The van der Waals surface area contributed by atoms with Crippen molar-refractivity contribution in [2.45, 2.75) is 10.3 Å². The highest BCUT2D eigenvalue weighted by atomic mass is 127. The van der Waals surface area contributed by atoms with E-state index in [0.29, 0.717) is 17.9 Å². The van der Waals surface area contributed by atoms with Crippen LogP contribution in [0.5, 0.6) is 5.75 Å². The summed E-state index contributed by atoms with van der Waals surface area (Å²) in [6, 6.07) is 11.2. The van der Waals surface area contributed by atoms with Gasteiger partial charge in [0.1, 0.15) is 0 Å². The second kappa shape index (κ2) is 7.71. The molecule has 1 heterocycles. The molecule has 26 heavy (non-hydrogen) atoms. The number of nitro groups is 1. The lowest BCUT2D eigenvalue weighted by molar-refractivity contribution is -0.385. The number of rotatable bonds is 5. The largest absolute Gasteiger partial charge is 0.490 e. The molecule has 0 N–H and O–H groups in total. The van der Waals surface area contributed by atoms with Crippen molar-refractivity contribution in [3.63, 3.8) is 0 Å². The maximum absolute atomic E-state index is 13.0. The smallest absolute Gasteiger partial charge is 0.311 e. The fraction of sp³-hybridized carbons (Fsp3) is 0.250. The summed E-state index contributed by atoms with van der Waals surface area (Å²) in [7, 11) is -2.33. The first-order chi connectivity index (χ1) is 12.3. The van der Waals surface area contributed by atoms with Crippen LogP contribution in [0, 0.1) is 13.7 Å². The minimum absolute atomic E-state index is 0.147. The molecule has 2 aromatic rings. The molecule has 0 spiro atoms. The fourth-order valence-corrected chi connectivity index (χ4v) is 6.30. The molecule has 1 aliphatic heterocycles. The highest BCUT2D eigenvalue weighted by molar-refractivity contribution is 14.1. The van der Waals surface area contributed by atoms with Gasteiger partial charge in [-0.25, -0.2) is 8.42 Å². The zero-order valence-corrected chi connectivity index (χ0v) is 17.5. The highest BCUT2D eigenvalue weighted by Crippen LogP contribution is 2.43. The first kappa shape index (κ1) is 19.4. The number of sulfonamides is 1. The van der Waals surface area contributed by atoms with Crippen LogP contribution in [0.4, 0.5) is 5.69 Å². The van der Waals surface area contributed by atoms with E-state index in [-0.39, 0.29) is 16.3 Å². The lowest BCUT2D eigenvalue weighted by Crippen LogP contribution is -2.30. The molecule has 3 rings (SSSR count). The van der Waals surface area contributed by atoms with E-state index in [1.807, 2.05) is 0 Å². The second-order valence-corrected chi connectivity index (χ2v) is 9.81. The molecule has 0 bridgehead atoms. The van der Waals surface area contributed by atoms with Gasteiger partial charge in [0.05, 0.1) is 22.3 Å². The van der Waals surface area contributed by atoms with Gasteiger partial charge in [-0.15, -0.1) is 11.8 Å². The maximum Gasteiger partial charge on any atom is 0.311 e. The van der Waals surface area contributed by atoms with Gasteiger partial charge in [0, 0.05) is 21.9 Å². The van der Waals surface area contributed by atoms with Crippen molar-refractivity contribution >= 4 is 50.1 Å². The molecular formula is C16H15IN2O5S2. The molecule has 1 atom stereocenters. The molecule has 10 heteroatoms. The summed E-state index contributed by atoms with van der Waals surface area (Å²) in [5.74, 6) is 0.766. The zero-order chi connectivity index (χ0) is 18.9. The average Bonchev–Trinajstić information content (AvgIpc) is 3.12. The molecule has 0 aromatic heterocycles. The summed E-state index contributed by atoms with van der Waals surface area (Å²) in [5.41, 5.74) is 0.387. The van der Waals surface area contributed by atoms with Crippen LogP contribution in [-0.2, 0) is 10.0 Å². The Labute approximate surface area is 169 Å². The van der Waals surface area contributed by atoms with Crippen LogP contribution in [0.15, 0.2) is 47.4 Å². The van der Waals surface area contributed by atoms with Gasteiger partial charge in [-0.1, -0.05) is 6.07 Å². The van der Waals surface area contributed by atoms with Crippen molar-refractivity contribution in [3.8, 4) is 5.75 Å². The lowest BCUT2D eigenvalue weighted by Gasteiger charge is -2.23. The van der Waals surface area contributed by atoms with Crippen LogP contribution in [0.3, 0.4) is 0 Å². The molecule has 0 unspecified atom stereocenters. The summed E-state index contributed by atoms with van der Waals surface area (Å²) in [4.78, 5) is 11.0. The Kier molecular flexibility index (Phi) is 5.75. The van der Waals surface area contributed by atoms with E-state index in [1.54, 1.807) is 30.3 Å². The van der Waals surface area contributed by atoms with Gasteiger partial charge in [0.25, 0.3) is 0 Å². The number of hydrogen-bond donors (Lipinski definition) is 0. The normalized spacial score (nSPS) is 18.0. The Bertz CT molecular complexity index is 934. The van der Waals surface area contributed by atoms with Gasteiger partial charge in [-0.3, -0.25) is 10.1 Å². The number of halogens is 1. The van der Waals surface area contributed by atoms with E-state index in [9.17, 15) is 18.5 Å². The molecule has 1 aliphatic rings. The number of ether oxygens (including phenoxy) is 1. The summed E-state index contributed by atoms with van der Waals surface area (Å²) < 4.78 is 33.4. The number of methoxy groups -OCH3 is 1. The Hall–Kier alpha value is -1.37. The maximum atomic E-state index is 13.0. The molecule has 0 saturated carbocycles. The van der Waals surface area contributed by atoms with Gasteiger partial charge in [-0.2, -0.15) is 4.31 Å². The Morgan fingerprint density at radius 3 is 2.58 bits per heavy atom. The van der Waals surface area contributed by atoms with E-state index >= 15 is 0 Å². The predicted octanol–water partition coefficient (Wildman–Crippen LogP) is 3.64. The quantitative estimate of drug-likeness (QED) is 0.350. The topological polar surface area (TPSA) is 89.8 Å². The van der Waals surface area contributed by atoms with E-state index < -0.39 is 20.3 Å². The first-order valence-electron chi connectivity index (χ1n) is 7.56. The minimum Gasteiger partial charge on any atom is -0.490 e. The summed E-state index contributed by atoms with van der Waals surface area (Å²) >= 11 is 3.56. The average molecular weight is 506 g/mol. The Balaban J connectivity index is 1.99. The lowest BCUT2D eigenvalue weighted by atomic mass is 10.2. The Morgan fingerprint density at radius 2 is 1.96 bits per heavy atom. The van der Waals surface area contributed by atoms with Crippen molar-refractivity contribution in [1.29, 1.82) is 0 Å². The molecule has 0 radical (unpaired) electrons. The highest BCUT2D eigenvalue weighted by Gasteiger charge is 2.37. The molecule has 0 aliphatic carbocycles. The van der Waals surface area contributed by atoms with Crippen LogP contribution < -0.4 is 4.74 Å². The van der Waals surface area contributed by atoms with Crippen LogP contribution in [-0.4, -0.2) is 37.1 Å². The number of nitrogens with zero attached hydrogens (tertiary/aromatic N) is 2. The van der Waals surface area contributed by atoms with E-state index in [4.69, 9.17) is 4.74 Å². The molecule has 0 amide bonds. The van der Waals surface area contributed by atoms with E-state index in [2.05, 4.69) is 22.6 Å². The van der Waals surface area contributed by atoms with E-state index in [1.165, 1.54) is 35.3 Å². The van der Waals surface area contributed by atoms with Crippen molar-refractivity contribution < 1.29 is 18.1 Å². The predicted molar refractivity (Wildman–Crippen MR) is 108 cm³/mol. The van der Waals surface area contributed by atoms with Gasteiger partial charge in [-0.05, 0) is 58.5 Å². The molecule has 2 aromatic carbocycles. The third-order valence-corrected chi connectivity index (χ3v) is 7.95. The number of benzene rings is 2. The minimum atomic E-state index is -3.69. The van der Waals surface area contributed by atoms with Crippen molar-refractivity contribution in [1.82, 2.24) is 4.31 Å². The van der Waals surface area contributed by atoms with Crippen molar-refractivity contribution in [2.24, 2.45) is 0 Å². The number of nitro benzene ring substituents is 1. The Morgan fingerprint density at radius 1 is 1.27 bits per heavy atom. The van der Waals surface area contributed by atoms with Crippen LogP contribution in [0.1, 0.15) is 10.9 Å². The van der Waals surface area contributed by atoms with Crippen molar-refractivity contribution in [3.05, 3.63) is 61.7 Å². The summed E-state index contributed by atoms with van der Waals surface area (Å²) in [6.07, 6.45) is 0. The molecule has 138 valence electrons. The molecule has 7 nitrogen and oxygen atoms in total. The molecule has 1 saturated heterocycles. The fourth-order valence-electron chi connectivity index (χ4n) is 2.71. The monoisotopic (exact) mass is 506 g/mol. The van der Waals surface area contributed by atoms with Crippen LogP contribution in [0.25, 0.3) is 0 Å². The third kappa shape index (κ3) is 3.68. The number of thioether (sulfide) groups is 1. The SMILES string of the molecule is COc1ccc([C@@H]2SCCN2S(=O)(=O)c2ccc(I)cc2)cc1[N+](=O)[O-]. The van der Waals surface area contributed by atoms with Gasteiger partial charge in [0.2, 0.25) is 10.0 Å². The first-order valence-corrected chi connectivity index (χ1v) is 11.1. The van der Waals surface area contributed by atoms with Gasteiger partial charge < -0.3 is 4.74 Å². The standard InChI is InChI=1S/C16H15IN2O5S2/c1-24-15-7-2-11(10-14(15)19(20)21)16-18(8-9-25-16)26(22,23)13-5-3-12(17)4-6-13/h2-7,10,16H,8-9H2,1H3/t16-/m0/s1. The van der Waals surface area contributed by atoms with Crippen LogP contribution in [0.2, 0.25) is 0 Å². The summed E-state index contributed by atoms with van der Waals surface area (Å²) in [6.45, 7) is 0.351. The van der Waals surface area contributed by atoms with Crippen LogP contribution >= 0.6 is 34.4 Å². The third-order valence-electron chi connectivity index (χ3n) is 3.95. The van der Waals surface area contributed by atoms with E-state index in [0.717, 1.165) is 3.57 Å². The zero-order valence-electron chi connectivity index (χ0n) is 13.7. The van der Waals surface area contributed by atoms with Gasteiger partial charge >= 0.3 is 5.69 Å². The summed E-state index contributed by atoms with van der Waals surface area (Å²) in [5, 5.41) is 10.8. The van der Waals surface area contributed by atoms with Gasteiger partial charge in [0.15, 0.2) is 5.75 Å². The second-order valence-electron chi connectivity index (χ2n) is 5.48. The molecular weight excluding hydrogens is 491 g/mol. The van der Waals surface area contributed by atoms with Crippen molar-refractivity contribution in [2.75, 3.05) is 19.4 Å². The molecule has 1 fully saturated rings. The number of hydrogen-bond acceptors (Lipinski definition) is 6.